The Morgan fingerprint density at radius 3 is 2.57 bits per heavy atom. The maximum absolute atomic E-state index is 14.6. The van der Waals surface area contributed by atoms with Gasteiger partial charge in [0, 0.05) is 29.8 Å². The van der Waals surface area contributed by atoms with E-state index in [1.807, 2.05) is 26.2 Å². The molecule has 6 aromatic rings. The first kappa shape index (κ1) is 29.0. The van der Waals surface area contributed by atoms with Gasteiger partial charge in [-0.3, -0.25) is 19.9 Å². The lowest BCUT2D eigenvalue weighted by atomic mass is 10.0. The molecule has 0 saturated carbocycles. The van der Waals surface area contributed by atoms with Crippen molar-refractivity contribution in [3.63, 3.8) is 0 Å². The molecule has 0 spiro atoms. The number of aromatic nitrogens is 7. The summed E-state index contributed by atoms with van der Waals surface area (Å²) in [5, 5.41) is 8.85. The lowest BCUT2D eigenvalue weighted by molar-refractivity contribution is -0.116. The molecule has 0 bridgehead atoms. The van der Waals surface area contributed by atoms with Gasteiger partial charge in [-0.05, 0) is 61.6 Å². The molecule has 5 aromatic heterocycles. The van der Waals surface area contributed by atoms with Crippen molar-refractivity contribution < 1.29 is 17.6 Å². The summed E-state index contributed by atoms with van der Waals surface area (Å²) < 4.78 is 38.7. The van der Waals surface area contributed by atoms with Crippen LogP contribution in [-0.2, 0) is 14.6 Å². The molecule has 224 valence electrons. The lowest BCUT2D eigenvalue weighted by Gasteiger charge is -2.12. The monoisotopic (exact) mass is 614 g/mol. The highest BCUT2D eigenvalue weighted by Gasteiger charge is 2.22. The van der Waals surface area contributed by atoms with Crippen LogP contribution in [0, 0.1) is 5.82 Å². The Morgan fingerprint density at radius 2 is 1.80 bits per heavy atom. The Balaban J connectivity index is 1.39. The number of anilines is 1. The zero-order valence-electron chi connectivity index (χ0n) is 23.8. The van der Waals surface area contributed by atoms with E-state index in [-0.39, 0.29) is 18.0 Å². The number of carbonyl (C=O) groups is 1. The van der Waals surface area contributed by atoms with Crippen LogP contribution in [0.1, 0.15) is 10.9 Å². The second kappa shape index (κ2) is 11.2. The third-order valence-electron chi connectivity index (χ3n) is 6.82. The van der Waals surface area contributed by atoms with Crippen LogP contribution in [0.25, 0.3) is 56.0 Å². The number of carbonyl (C=O) groups excluding carboxylic acids is 1. The average molecular weight is 615 g/mol. The molecule has 6 rings (SSSR count). The molecule has 5 N–H and O–H groups in total. The normalized spacial score (nSPS) is 12.7. The fraction of sp³-hybridized carbons (Fsp3) is 0.172. The maximum Gasteiger partial charge on any atom is 0.238 e. The van der Waals surface area contributed by atoms with Crippen LogP contribution < -0.4 is 11.1 Å². The molecule has 13 nitrogen and oxygen atoms in total. The largest absolute Gasteiger partial charge is 0.335 e. The van der Waals surface area contributed by atoms with Crippen molar-refractivity contribution in [2.24, 2.45) is 5.73 Å². The van der Waals surface area contributed by atoms with Gasteiger partial charge in [-0.15, -0.1) is 0 Å². The Labute approximate surface area is 250 Å². The summed E-state index contributed by atoms with van der Waals surface area (Å²) in [4.78, 5) is 35.3. The topological polar surface area (TPSA) is 189 Å². The number of pyridine rings is 3. The number of nitrogens with one attached hydrogen (secondary N) is 3. The van der Waals surface area contributed by atoms with Crippen molar-refractivity contribution in [3.05, 3.63) is 72.6 Å². The van der Waals surface area contributed by atoms with E-state index in [0.29, 0.717) is 61.7 Å². The first-order chi connectivity index (χ1) is 21.0. The van der Waals surface area contributed by atoms with E-state index in [4.69, 9.17) is 15.7 Å². The van der Waals surface area contributed by atoms with Crippen LogP contribution >= 0.6 is 0 Å². The number of halogens is 1. The molecule has 1 atom stereocenters. The van der Waals surface area contributed by atoms with E-state index in [1.54, 1.807) is 29.6 Å². The molecule has 5 heterocycles. The molecule has 0 radical (unpaired) electrons. The summed E-state index contributed by atoms with van der Waals surface area (Å²) in [7, 11) is -0.0458. The van der Waals surface area contributed by atoms with Crippen molar-refractivity contribution >= 4 is 43.5 Å². The maximum atomic E-state index is 14.6. The van der Waals surface area contributed by atoms with Gasteiger partial charge in [0.1, 0.15) is 16.7 Å². The number of amides is 1. The third-order valence-corrected chi connectivity index (χ3v) is 8.02. The molecular weight excluding hydrogens is 587 g/mol. The second-order valence-electron chi connectivity index (χ2n) is 10.6. The van der Waals surface area contributed by atoms with Crippen molar-refractivity contribution in [2.45, 2.75) is 5.37 Å². The summed E-state index contributed by atoms with van der Waals surface area (Å²) in [6.07, 6.45) is 7.31. The summed E-state index contributed by atoms with van der Waals surface area (Å²) in [6, 6.07) is 9.32. The van der Waals surface area contributed by atoms with Gasteiger partial charge in [0.15, 0.2) is 21.4 Å². The van der Waals surface area contributed by atoms with Crippen molar-refractivity contribution in [1.82, 2.24) is 40.0 Å². The standard InChI is InChI=1S/C29H27FN10O3S/c1-40(2)14-24(41)34-19-9-17(10-32-11-19)21-4-5-22-26(35-21)27(39-38-22)29-36-23-13-33-12-20(25(23)37-29)15-6-16(8-18(30)7-15)28(31)44(3,42)43/h4-13,28H,14,31H2,1-3H3,(H,34,41)(H,36,37)(H,38,39). The van der Waals surface area contributed by atoms with E-state index in [2.05, 4.69) is 30.5 Å². The molecule has 1 unspecified atom stereocenters. The number of benzene rings is 1. The lowest BCUT2D eigenvalue weighted by Crippen LogP contribution is -2.27. The quantitative estimate of drug-likeness (QED) is 0.198. The van der Waals surface area contributed by atoms with Gasteiger partial charge in [0.2, 0.25) is 5.91 Å². The fourth-order valence-corrected chi connectivity index (χ4v) is 5.43. The van der Waals surface area contributed by atoms with Gasteiger partial charge in [-0.25, -0.2) is 22.8 Å². The predicted octanol–water partition coefficient (Wildman–Crippen LogP) is 3.27. The van der Waals surface area contributed by atoms with E-state index in [9.17, 15) is 17.6 Å². The number of hydrogen-bond acceptors (Lipinski definition) is 10. The highest BCUT2D eigenvalue weighted by atomic mass is 32.2. The molecule has 0 saturated heterocycles. The molecule has 0 aliphatic rings. The molecule has 1 aromatic carbocycles. The van der Waals surface area contributed by atoms with Crippen LogP contribution in [0.4, 0.5) is 10.1 Å². The average Bonchev–Trinajstić information content (AvgIpc) is 3.59. The Morgan fingerprint density at radius 1 is 1.00 bits per heavy atom. The first-order valence-electron chi connectivity index (χ1n) is 13.3. The van der Waals surface area contributed by atoms with Gasteiger partial charge >= 0.3 is 0 Å². The number of hydrogen-bond donors (Lipinski definition) is 4. The van der Waals surface area contributed by atoms with Gasteiger partial charge in [-0.2, -0.15) is 5.10 Å². The molecule has 0 aliphatic heterocycles. The number of aromatic amines is 2. The highest BCUT2D eigenvalue weighted by molar-refractivity contribution is 7.90. The molecule has 0 aliphatic carbocycles. The molecule has 44 heavy (non-hydrogen) atoms. The number of imidazole rings is 1. The highest BCUT2D eigenvalue weighted by Crippen LogP contribution is 2.33. The number of fused-ring (bicyclic) bond motifs is 2. The molecule has 15 heteroatoms. The number of rotatable bonds is 8. The second-order valence-corrected chi connectivity index (χ2v) is 12.8. The minimum absolute atomic E-state index is 0.112. The minimum atomic E-state index is -3.67. The van der Waals surface area contributed by atoms with Crippen molar-refractivity contribution in [3.8, 4) is 33.9 Å². The number of nitrogens with two attached hydrogens (primary N) is 1. The summed E-state index contributed by atoms with van der Waals surface area (Å²) in [5.41, 5.74) is 11.3. The minimum Gasteiger partial charge on any atom is -0.335 e. The van der Waals surface area contributed by atoms with Gasteiger partial charge in [-0.1, -0.05) is 0 Å². The molecule has 1 amide bonds. The van der Waals surface area contributed by atoms with E-state index in [0.717, 1.165) is 12.3 Å². The van der Waals surface area contributed by atoms with Crippen LogP contribution in [0.2, 0.25) is 0 Å². The zero-order chi connectivity index (χ0) is 31.2. The first-order valence-corrected chi connectivity index (χ1v) is 15.3. The summed E-state index contributed by atoms with van der Waals surface area (Å²) >= 11 is 0. The number of sulfone groups is 1. The Bertz CT molecular complexity index is 2160. The van der Waals surface area contributed by atoms with Gasteiger partial charge < -0.3 is 20.9 Å². The SMILES string of the molecule is CN(C)CC(=O)Nc1cncc(-c2ccc3[nH]nc(-c4nc5c(-c6cc(F)cc(C(N)S(C)(=O)=O)c6)cncc5[nH]4)c3n2)c1. The Kier molecular flexibility index (Phi) is 7.36. The van der Waals surface area contributed by atoms with Crippen LogP contribution in [-0.4, -0.2) is 81.2 Å². The Hall–Kier alpha value is -5.12. The number of H-pyrrole nitrogens is 2. The molecule has 0 fully saturated rings. The number of likely N-dealkylation sites (N-methyl/N-ethyl adjacent to an activating group) is 1. The van der Waals surface area contributed by atoms with E-state index < -0.39 is 21.0 Å². The van der Waals surface area contributed by atoms with E-state index >= 15 is 0 Å². The van der Waals surface area contributed by atoms with Crippen LogP contribution in [0.5, 0.6) is 0 Å². The van der Waals surface area contributed by atoms with Gasteiger partial charge in [0.25, 0.3) is 0 Å². The third kappa shape index (κ3) is 5.75. The van der Waals surface area contributed by atoms with Crippen LogP contribution in [0.15, 0.2) is 61.2 Å². The zero-order valence-corrected chi connectivity index (χ0v) is 24.6. The predicted molar refractivity (Wildman–Crippen MR) is 164 cm³/mol. The van der Waals surface area contributed by atoms with Crippen molar-refractivity contribution in [2.75, 3.05) is 32.2 Å². The van der Waals surface area contributed by atoms with E-state index in [1.165, 1.54) is 18.3 Å². The summed E-state index contributed by atoms with van der Waals surface area (Å²) in [6.45, 7) is 0.232. The van der Waals surface area contributed by atoms with Crippen molar-refractivity contribution in [1.29, 1.82) is 0 Å². The smallest absolute Gasteiger partial charge is 0.238 e. The fourth-order valence-electron chi connectivity index (χ4n) is 4.80. The van der Waals surface area contributed by atoms with Crippen LogP contribution in [0.3, 0.4) is 0 Å². The molecular formula is C29H27FN10O3S. The summed E-state index contributed by atoms with van der Waals surface area (Å²) in [5.74, 6) is -0.423. The number of nitrogens with zero attached hydrogens (tertiary/aromatic N) is 6. The van der Waals surface area contributed by atoms with Gasteiger partial charge in [0.05, 0.1) is 46.9 Å².